The molecule has 3 N–H and O–H groups in total. The van der Waals surface area contributed by atoms with Crippen molar-refractivity contribution in [1.29, 1.82) is 0 Å². The topological polar surface area (TPSA) is 83.2 Å². The van der Waals surface area contributed by atoms with E-state index >= 15 is 0 Å². The van der Waals surface area contributed by atoms with Crippen molar-refractivity contribution in [3.8, 4) is 5.75 Å². The third-order valence-electron chi connectivity index (χ3n) is 5.33. The summed E-state index contributed by atoms with van der Waals surface area (Å²) in [4.78, 5) is 20.7. The molecule has 0 saturated carbocycles. The van der Waals surface area contributed by atoms with Crippen molar-refractivity contribution in [2.45, 2.75) is 32.7 Å². The summed E-state index contributed by atoms with van der Waals surface area (Å²) in [5.41, 5.74) is 6.19. The van der Waals surface area contributed by atoms with Gasteiger partial charge in [0.05, 0.1) is 6.54 Å². The molecule has 1 aromatic carbocycles. The Balaban J connectivity index is 0.00000300. The molecule has 29 heavy (non-hydrogen) atoms. The number of nitrogens with one attached hydrogen (secondary N) is 1. The lowest BCUT2D eigenvalue weighted by molar-refractivity contribution is -0.119. The number of nitrogens with zero attached hydrogens (tertiary/aromatic N) is 3. The number of primary amides is 1. The van der Waals surface area contributed by atoms with E-state index in [-0.39, 0.29) is 30.6 Å². The van der Waals surface area contributed by atoms with Crippen LogP contribution in [0.25, 0.3) is 0 Å². The molecule has 1 amide bonds. The largest absolute Gasteiger partial charge is 0.484 e. The molecule has 0 bridgehead atoms. The lowest BCUT2D eigenvalue weighted by Gasteiger charge is -2.23. The van der Waals surface area contributed by atoms with Gasteiger partial charge in [0, 0.05) is 26.2 Å². The zero-order valence-corrected chi connectivity index (χ0v) is 19.6. The number of hydrogen-bond acceptors (Lipinski definition) is 4. The molecule has 1 atom stereocenters. The number of benzene rings is 1. The van der Waals surface area contributed by atoms with Crippen molar-refractivity contribution < 1.29 is 9.53 Å². The van der Waals surface area contributed by atoms with Gasteiger partial charge < -0.3 is 25.6 Å². The van der Waals surface area contributed by atoms with Crippen molar-refractivity contribution >= 4 is 35.8 Å². The zero-order valence-electron chi connectivity index (χ0n) is 17.3. The summed E-state index contributed by atoms with van der Waals surface area (Å²) >= 11 is 0. The lowest BCUT2D eigenvalue weighted by Crippen LogP contribution is -2.40. The average molecular weight is 515 g/mol. The number of ether oxygens (including phenoxy) is 1. The van der Waals surface area contributed by atoms with Crippen LogP contribution in [0.3, 0.4) is 0 Å². The van der Waals surface area contributed by atoms with Gasteiger partial charge in [-0.05, 0) is 62.9 Å². The molecule has 0 aliphatic carbocycles. The van der Waals surface area contributed by atoms with Gasteiger partial charge in [0.1, 0.15) is 5.75 Å². The van der Waals surface area contributed by atoms with E-state index in [1.807, 2.05) is 24.3 Å². The van der Waals surface area contributed by atoms with Gasteiger partial charge in [0.25, 0.3) is 5.91 Å². The first-order valence-corrected chi connectivity index (χ1v) is 10.4. The van der Waals surface area contributed by atoms with Gasteiger partial charge in [-0.15, -0.1) is 24.0 Å². The van der Waals surface area contributed by atoms with E-state index in [1.165, 1.54) is 38.9 Å². The molecule has 2 aliphatic heterocycles. The van der Waals surface area contributed by atoms with Crippen molar-refractivity contribution in [2.24, 2.45) is 16.6 Å². The first kappa shape index (κ1) is 23.7. The van der Waals surface area contributed by atoms with Crippen LogP contribution in [0.5, 0.6) is 5.75 Å². The molecule has 2 heterocycles. The third kappa shape index (κ3) is 7.65. The smallest absolute Gasteiger partial charge is 0.255 e. The second kappa shape index (κ2) is 12.2. The molecule has 7 nitrogen and oxygen atoms in total. The maximum absolute atomic E-state index is 10.9. The minimum Gasteiger partial charge on any atom is -0.484 e. The van der Waals surface area contributed by atoms with E-state index in [2.05, 4.69) is 22.0 Å². The number of rotatable bonds is 8. The van der Waals surface area contributed by atoms with Crippen molar-refractivity contribution in [2.75, 3.05) is 45.9 Å². The van der Waals surface area contributed by atoms with Crippen LogP contribution < -0.4 is 15.8 Å². The number of likely N-dealkylation sites (tertiary alicyclic amines) is 2. The van der Waals surface area contributed by atoms with Crippen LogP contribution >= 0.6 is 24.0 Å². The lowest BCUT2D eigenvalue weighted by atomic mass is 10.1. The quantitative estimate of drug-likeness (QED) is 0.315. The highest BCUT2D eigenvalue weighted by Crippen LogP contribution is 2.20. The van der Waals surface area contributed by atoms with Gasteiger partial charge in [-0.25, -0.2) is 4.99 Å². The standard InChI is InChI=1S/C21H33N5O2.HI/c1-2-23-21(26-11-8-18(15-26)14-25-9-3-4-10-25)24-13-17-6-5-7-19(12-17)28-16-20(22)27;/h5-7,12,18H,2-4,8-11,13-16H2,1H3,(H2,22,27)(H,23,24);1H. The summed E-state index contributed by atoms with van der Waals surface area (Å²) in [6, 6.07) is 7.67. The second-order valence-corrected chi connectivity index (χ2v) is 7.68. The number of hydrogen-bond donors (Lipinski definition) is 2. The summed E-state index contributed by atoms with van der Waals surface area (Å²) in [6.07, 6.45) is 3.93. The number of carbonyl (C=O) groups is 1. The Kier molecular flexibility index (Phi) is 9.99. The molecule has 1 unspecified atom stereocenters. The van der Waals surface area contributed by atoms with E-state index in [0.29, 0.717) is 12.3 Å². The molecule has 162 valence electrons. The highest BCUT2D eigenvalue weighted by Gasteiger charge is 2.27. The van der Waals surface area contributed by atoms with Crippen molar-refractivity contribution in [1.82, 2.24) is 15.1 Å². The van der Waals surface area contributed by atoms with Crippen LogP contribution in [0, 0.1) is 5.92 Å². The van der Waals surface area contributed by atoms with E-state index in [0.717, 1.165) is 37.1 Å². The van der Waals surface area contributed by atoms with Gasteiger partial charge in [0.15, 0.2) is 12.6 Å². The second-order valence-electron chi connectivity index (χ2n) is 7.68. The van der Waals surface area contributed by atoms with Crippen molar-refractivity contribution in [3.63, 3.8) is 0 Å². The highest BCUT2D eigenvalue weighted by atomic mass is 127. The van der Waals surface area contributed by atoms with E-state index in [9.17, 15) is 4.79 Å². The Morgan fingerprint density at radius 2 is 2.10 bits per heavy atom. The molecule has 2 fully saturated rings. The fraction of sp³-hybridized carbons (Fsp3) is 0.619. The van der Waals surface area contributed by atoms with Gasteiger partial charge >= 0.3 is 0 Å². The number of aliphatic imine (C=N–C) groups is 1. The van der Waals surface area contributed by atoms with Crippen LogP contribution in [0.4, 0.5) is 0 Å². The van der Waals surface area contributed by atoms with E-state index in [4.69, 9.17) is 15.5 Å². The molecule has 0 spiro atoms. The van der Waals surface area contributed by atoms with Crippen LogP contribution in [0.1, 0.15) is 31.7 Å². The zero-order chi connectivity index (χ0) is 19.8. The maximum Gasteiger partial charge on any atom is 0.255 e. The molecule has 2 saturated heterocycles. The Labute approximate surface area is 191 Å². The van der Waals surface area contributed by atoms with Crippen LogP contribution in [-0.4, -0.2) is 67.5 Å². The molecular formula is C21H34IN5O2. The van der Waals surface area contributed by atoms with Gasteiger partial charge in [0.2, 0.25) is 0 Å². The minimum atomic E-state index is -0.477. The van der Waals surface area contributed by atoms with E-state index in [1.54, 1.807) is 0 Å². The first-order chi connectivity index (χ1) is 13.6. The molecular weight excluding hydrogens is 481 g/mol. The fourth-order valence-electron chi connectivity index (χ4n) is 3.98. The fourth-order valence-corrected chi connectivity index (χ4v) is 3.98. The highest BCUT2D eigenvalue weighted by molar-refractivity contribution is 14.0. The predicted molar refractivity (Wildman–Crippen MR) is 127 cm³/mol. The number of guanidine groups is 1. The number of carbonyl (C=O) groups excluding carboxylic acids is 1. The summed E-state index contributed by atoms with van der Waals surface area (Å²) in [5.74, 6) is 1.88. The molecule has 2 aliphatic rings. The van der Waals surface area contributed by atoms with Crippen LogP contribution in [0.15, 0.2) is 29.3 Å². The van der Waals surface area contributed by atoms with Crippen LogP contribution in [-0.2, 0) is 11.3 Å². The molecule has 1 aromatic rings. The minimum absolute atomic E-state index is 0. The molecule has 8 heteroatoms. The normalized spacial score (nSPS) is 19.8. The molecule has 0 radical (unpaired) electrons. The van der Waals surface area contributed by atoms with E-state index < -0.39 is 5.91 Å². The Morgan fingerprint density at radius 1 is 1.31 bits per heavy atom. The number of amides is 1. The SMILES string of the molecule is CCNC(=NCc1cccc(OCC(N)=O)c1)N1CCC(CN2CCCC2)C1.I. The Bertz CT molecular complexity index is 679. The van der Waals surface area contributed by atoms with Gasteiger partial charge in [-0.1, -0.05) is 12.1 Å². The number of halogens is 1. The van der Waals surface area contributed by atoms with Gasteiger partial charge in [-0.3, -0.25) is 4.79 Å². The third-order valence-corrected chi connectivity index (χ3v) is 5.33. The van der Waals surface area contributed by atoms with Crippen LogP contribution in [0.2, 0.25) is 0 Å². The number of nitrogens with two attached hydrogens (primary N) is 1. The average Bonchev–Trinajstić information content (AvgIpc) is 3.36. The summed E-state index contributed by atoms with van der Waals surface area (Å²) in [6.45, 7) is 9.30. The monoisotopic (exact) mass is 515 g/mol. The Hall–Kier alpha value is -1.55. The van der Waals surface area contributed by atoms with Gasteiger partial charge in [-0.2, -0.15) is 0 Å². The first-order valence-electron chi connectivity index (χ1n) is 10.4. The Morgan fingerprint density at radius 3 is 2.83 bits per heavy atom. The van der Waals surface area contributed by atoms with Crippen molar-refractivity contribution in [3.05, 3.63) is 29.8 Å². The molecule has 0 aromatic heterocycles. The predicted octanol–water partition coefficient (Wildman–Crippen LogP) is 2.05. The summed E-state index contributed by atoms with van der Waals surface area (Å²) in [5, 5.41) is 3.43. The molecule has 3 rings (SSSR count). The summed E-state index contributed by atoms with van der Waals surface area (Å²) in [7, 11) is 0. The summed E-state index contributed by atoms with van der Waals surface area (Å²) < 4.78 is 5.39. The maximum atomic E-state index is 10.9.